The minimum atomic E-state index is -4.73. The average Bonchev–Trinajstić information content (AvgIpc) is 2.78. The number of aromatic nitrogens is 4. The van der Waals surface area contributed by atoms with E-state index in [1.807, 2.05) is 0 Å². The lowest BCUT2D eigenvalue weighted by Gasteiger charge is -2.15. The Morgan fingerprint density at radius 3 is 2.50 bits per heavy atom. The summed E-state index contributed by atoms with van der Waals surface area (Å²) >= 11 is 3.30. The molecule has 0 saturated carbocycles. The lowest BCUT2D eigenvalue weighted by molar-refractivity contribution is 0.202. The Morgan fingerprint density at radius 2 is 1.81 bits per heavy atom. The Kier molecular flexibility index (Phi) is 5.84. The molecular weight excluding hydrogens is 500 g/mol. The van der Waals surface area contributed by atoms with Gasteiger partial charge in [0.2, 0.25) is 5.88 Å². The third kappa shape index (κ3) is 6.84. The van der Waals surface area contributed by atoms with Gasteiger partial charge in [-0.1, -0.05) is 35.0 Å². The zero-order chi connectivity index (χ0) is 28.4. The van der Waals surface area contributed by atoms with Crippen LogP contribution >= 0.6 is 15.9 Å². The van der Waals surface area contributed by atoms with Crippen LogP contribution < -0.4 is 18.9 Å². The second-order valence-corrected chi connectivity index (χ2v) is 8.40. The maximum Gasteiger partial charge on any atom is 0.316 e. The smallest absolute Gasteiger partial charge is 0.316 e. The summed E-state index contributed by atoms with van der Waals surface area (Å²) in [7, 11) is -4.73. The van der Waals surface area contributed by atoms with Gasteiger partial charge in [0.1, 0.15) is 19.5 Å². The van der Waals surface area contributed by atoms with Crippen LogP contribution in [0.5, 0.6) is 11.9 Å². The molecule has 32 heavy (non-hydrogen) atoms. The predicted octanol–water partition coefficient (Wildman–Crippen LogP) is 3.12. The van der Waals surface area contributed by atoms with Gasteiger partial charge >= 0.3 is 6.01 Å². The number of nitrogens with zero attached hydrogens (tertiary/aromatic N) is 4. The molecule has 10 nitrogen and oxygen atoms in total. The number of benzene rings is 1. The largest absolute Gasteiger partial charge is 0.473 e. The van der Waals surface area contributed by atoms with Gasteiger partial charge in [0.15, 0.2) is 5.82 Å². The van der Waals surface area contributed by atoms with Gasteiger partial charge in [-0.3, -0.25) is 4.72 Å². The monoisotopic (exact) mass is 528 g/mol. The number of aryl methyl sites for hydroxylation is 1. The van der Waals surface area contributed by atoms with E-state index in [9.17, 15) is 8.42 Å². The van der Waals surface area contributed by atoms with Crippen LogP contribution in [0.3, 0.4) is 0 Å². The molecule has 2 N–H and O–H groups in total. The third-order valence-corrected chi connectivity index (χ3v) is 5.03. The zero-order valence-corrected chi connectivity index (χ0v) is 19.4. The summed E-state index contributed by atoms with van der Waals surface area (Å²) in [6.45, 7) is -3.45. The van der Waals surface area contributed by atoms with Crippen LogP contribution in [0.1, 0.15) is 27.1 Å². The van der Waals surface area contributed by atoms with Crippen molar-refractivity contribution in [2.45, 2.75) is 20.2 Å². The molecule has 0 radical (unpaired) electrons. The van der Waals surface area contributed by atoms with Crippen molar-refractivity contribution in [1.82, 2.24) is 24.7 Å². The van der Waals surface area contributed by atoms with Gasteiger partial charge < -0.3 is 9.47 Å². The van der Waals surface area contributed by atoms with Crippen molar-refractivity contribution in [3.05, 3.63) is 53.0 Å². The number of nitrogens with one attached hydrogen (secondary N) is 2. The van der Waals surface area contributed by atoms with E-state index in [0.29, 0.717) is 10.0 Å². The highest BCUT2D eigenvalue weighted by Gasteiger charge is 2.19. The van der Waals surface area contributed by atoms with Gasteiger partial charge in [0, 0.05) is 28.8 Å². The molecule has 12 heteroatoms. The molecule has 3 rings (SSSR count). The number of anilines is 1. The molecule has 0 saturated heterocycles. The molecule has 0 atom stereocenters. The molecule has 0 aliphatic heterocycles. The fourth-order valence-electron chi connectivity index (χ4n) is 2.32. The van der Waals surface area contributed by atoms with E-state index in [2.05, 4.69) is 40.6 Å². The van der Waals surface area contributed by atoms with Crippen molar-refractivity contribution in [3.8, 4) is 23.0 Å². The van der Waals surface area contributed by atoms with Crippen molar-refractivity contribution < 1.29 is 26.1 Å². The molecule has 1 aromatic carbocycles. The second-order valence-electron chi connectivity index (χ2n) is 6.07. The second kappa shape index (κ2) is 11.2. The number of rotatable bonds is 11. The summed E-state index contributed by atoms with van der Waals surface area (Å²) in [5.74, 6) is -0.733. The minimum absolute atomic E-state index is 0.0686. The number of ether oxygens (including phenoxy) is 2. The fraction of sp³-hybridized carbons (Fsp3) is 0.300. The summed E-state index contributed by atoms with van der Waals surface area (Å²) in [5.41, 5.74) is 1.04. The molecule has 3 aromatic rings. The average molecular weight is 529 g/mol. The molecule has 2 aromatic heterocycles. The first-order chi connectivity index (χ1) is 17.5. The Morgan fingerprint density at radius 1 is 1.09 bits per heavy atom. The molecule has 170 valence electrons. The number of hydrogen-bond acceptors (Lipinski definition) is 8. The molecule has 0 aliphatic rings. The SMILES string of the molecule is [2H]C([2H])(COc1ncc(C)cn1)Oc1ncnc(NS(=O)(=O)NC([2H])([2H])C([2H])([2H])C)c1-c1ccc(Br)cc1. The zero-order valence-electron chi connectivity index (χ0n) is 23.0. The van der Waals surface area contributed by atoms with Crippen molar-refractivity contribution >= 4 is 32.0 Å². The van der Waals surface area contributed by atoms with Crippen LogP contribution in [-0.2, 0) is 10.2 Å². The van der Waals surface area contributed by atoms with Crippen LogP contribution in [0.4, 0.5) is 5.82 Å². The maximum atomic E-state index is 12.7. The van der Waals surface area contributed by atoms with E-state index in [1.54, 1.807) is 35.9 Å². The fourth-order valence-corrected chi connectivity index (χ4v) is 3.28. The topological polar surface area (TPSA) is 128 Å². The number of hydrogen-bond donors (Lipinski definition) is 2. The van der Waals surface area contributed by atoms with Crippen molar-refractivity contribution in [2.24, 2.45) is 0 Å². The van der Waals surface area contributed by atoms with E-state index in [0.717, 1.165) is 18.8 Å². The Bertz CT molecular complexity index is 1380. The van der Waals surface area contributed by atoms with E-state index in [1.165, 1.54) is 12.4 Å². The first kappa shape index (κ1) is 16.8. The van der Waals surface area contributed by atoms with Crippen LogP contribution in [-0.4, -0.2) is 48.0 Å². The van der Waals surface area contributed by atoms with Gasteiger partial charge in [-0.25, -0.2) is 19.9 Å². The van der Waals surface area contributed by atoms with E-state index in [-0.39, 0.29) is 23.3 Å². The molecule has 0 fully saturated rings. The maximum absolute atomic E-state index is 12.7. The van der Waals surface area contributed by atoms with Gasteiger partial charge in [-0.05, 0) is 36.6 Å². The standard InChI is InChI=1S/C20H23BrN6O4S/c1-3-8-26-32(28,29)27-18-17(15-4-6-16(21)7-5-15)19(25-13-24-18)30-9-10-31-20-22-11-14(2)12-23-20/h4-7,11-13,26H,3,8-10H2,1-2H3,(H,24,25,27)/i3D2,8D2,9D2. The molecule has 2 heterocycles. The Balaban J connectivity index is 1.96. The normalized spacial score (nSPS) is 15.3. The lowest BCUT2D eigenvalue weighted by Crippen LogP contribution is -2.31. The summed E-state index contributed by atoms with van der Waals surface area (Å²) in [6, 6.07) is 6.33. The summed E-state index contributed by atoms with van der Waals surface area (Å²) in [5, 5.41) is 0. The molecule has 0 aliphatic carbocycles. The highest BCUT2D eigenvalue weighted by Crippen LogP contribution is 2.34. The van der Waals surface area contributed by atoms with Gasteiger partial charge in [0.25, 0.3) is 10.2 Å². The number of halogens is 1. The highest BCUT2D eigenvalue weighted by molar-refractivity contribution is 9.10. The molecule has 0 unspecified atom stereocenters. The third-order valence-electron chi connectivity index (χ3n) is 3.67. The van der Waals surface area contributed by atoms with Crippen LogP contribution in [0.25, 0.3) is 11.1 Å². The summed E-state index contributed by atoms with van der Waals surface area (Å²) < 4.78 is 87.7. The van der Waals surface area contributed by atoms with E-state index >= 15 is 0 Å². The quantitative estimate of drug-likeness (QED) is 0.388. The van der Waals surface area contributed by atoms with E-state index < -0.39 is 36.2 Å². The Labute approximate surface area is 203 Å². The van der Waals surface area contributed by atoms with Gasteiger partial charge in [0.05, 0.1) is 8.30 Å². The van der Waals surface area contributed by atoms with Crippen LogP contribution in [0.2, 0.25) is 0 Å². The predicted molar refractivity (Wildman–Crippen MR) is 124 cm³/mol. The van der Waals surface area contributed by atoms with Crippen molar-refractivity contribution in [2.75, 3.05) is 24.4 Å². The van der Waals surface area contributed by atoms with Gasteiger partial charge in [-0.15, -0.1) is 0 Å². The minimum Gasteiger partial charge on any atom is -0.473 e. The first-order valence-corrected chi connectivity index (χ1v) is 11.3. The molecular formula is C20H23BrN6O4S. The van der Waals surface area contributed by atoms with E-state index in [4.69, 9.17) is 17.7 Å². The lowest BCUT2D eigenvalue weighted by atomic mass is 10.1. The summed E-state index contributed by atoms with van der Waals surface area (Å²) in [6.07, 6.45) is 1.35. The molecule has 0 amide bonds. The first-order valence-electron chi connectivity index (χ1n) is 12.0. The van der Waals surface area contributed by atoms with Crippen LogP contribution in [0, 0.1) is 6.92 Å². The Hall–Kier alpha value is -2.83. The molecule has 0 spiro atoms. The highest BCUT2D eigenvalue weighted by atomic mass is 79.9. The van der Waals surface area contributed by atoms with Gasteiger partial charge in [-0.2, -0.15) is 13.1 Å². The summed E-state index contributed by atoms with van der Waals surface area (Å²) in [4.78, 5) is 15.8. The molecule has 0 bridgehead atoms. The van der Waals surface area contributed by atoms with Crippen molar-refractivity contribution in [1.29, 1.82) is 0 Å². The van der Waals surface area contributed by atoms with Crippen molar-refractivity contribution in [3.63, 3.8) is 0 Å². The van der Waals surface area contributed by atoms with Crippen LogP contribution in [0.15, 0.2) is 47.5 Å².